The molecule has 0 spiro atoms. The number of nitrogens with two attached hydrogens (primary N) is 1. The van der Waals surface area contributed by atoms with Crippen molar-refractivity contribution in [3.05, 3.63) is 0 Å². The van der Waals surface area contributed by atoms with Gasteiger partial charge in [-0.2, -0.15) is 13.2 Å². The number of rotatable bonds is 3. The van der Waals surface area contributed by atoms with Gasteiger partial charge in [0.1, 0.15) is 6.04 Å². The molecule has 0 aromatic heterocycles. The van der Waals surface area contributed by atoms with Gasteiger partial charge >= 0.3 is 12.1 Å². The molecule has 0 amide bonds. The van der Waals surface area contributed by atoms with Gasteiger partial charge in [-0.25, -0.2) is 0 Å². The van der Waals surface area contributed by atoms with Crippen LogP contribution in [0.5, 0.6) is 0 Å². The molecule has 13 heavy (non-hydrogen) atoms. The van der Waals surface area contributed by atoms with Crippen LogP contribution < -0.4 is 5.73 Å². The fourth-order valence-corrected chi connectivity index (χ4v) is 0.615. The average Bonchev–Trinajstić information content (AvgIpc) is 1.85. The fraction of sp³-hybridized carbons (Fsp3) is 0.833. The molecule has 7 heteroatoms. The summed E-state index contributed by atoms with van der Waals surface area (Å²) in [5, 5.41) is 8.20. The van der Waals surface area contributed by atoms with Gasteiger partial charge < -0.3 is 10.8 Å². The molecule has 80 valence electrons. The second-order valence-electron chi connectivity index (χ2n) is 2.62. The Bertz CT molecular complexity index is 174. The number of aliphatic carboxylic acids is 1. The molecule has 0 aliphatic heterocycles. The number of hydrogen-bond donors (Lipinski definition) is 2. The van der Waals surface area contributed by atoms with Crippen molar-refractivity contribution in [1.82, 2.24) is 0 Å². The summed E-state index contributed by atoms with van der Waals surface area (Å²) in [5.74, 6) is -3.09. The molecule has 0 saturated heterocycles. The van der Waals surface area contributed by atoms with Crippen LogP contribution in [0.3, 0.4) is 0 Å². The first kappa shape index (κ1) is 15.0. The highest BCUT2D eigenvalue weighted by atomic mass is 35.5. The molecule has 0 aliphatic rings. The molecule has 1 unspecified atom stereocenters. The number of halogens is 4. The molecule has 3 nitrogen and oxygen atoms in total. The molecule has 0 rings (SSSR count). The lowest BCUT2D eigenvalue weighted by Gasteiger charge is -2.16. The molecule has 0 saturated carbocycles. The smallest absolute Gasteiger partial charge is 0.391 e. The van der Waals surface area contributed by atoms with E-state index in [2.05, 4.69) is 0 Å². The largest absolute Gasteiger partial charge is 0.480 e. The van der Waals surface area contributed by atoms with E-state index >= 15 is 0 Å². The van der Waals surface area contributed by atoms with E-state index in [4.69, 9.17) is 10.8 Å². The van der Waals surface area contributed by atoms with Gasteiger partial charge in [0.25, 0.3) is 0 Å². The van der Waals surface area contributed by atoms with Gasteiger partial charge in [-0.3, -0.25) is 4.79 Å². The SMILES string of the molecule is CC(C[C@H](N)C(=O)O)C(F)(F)F.Cl. The quantitative estimate of drug-likeness (QED) is 0.757. The van der Waals surface area contributed by atoms with Crippen molar-refractivity contribution in [3.8, 4) is 0 Å². The van der Waals surface area contributed by atoms with Crippen LogP contribution in [0.1, 0.15) is 13.3 Å². The number of carbonyl (C=O) groups is 1. The summed E-state index contributed by atoms with van der Waals surface area (Å²) < 4.78 is 35.5. The minimum atomic E-state index is -4.37. The molecule has 0 fully saturated rings. The zero-order chi connectivity index (χ0) is 9.94. The van der Waals surface area contributed by atoms with Crippen LogP contribution in [0, 0.1) is 5.92 Å². The van der Waals surface area contributed by atoms with Crippen molar-refractivity contribution >= 4 is 18.4 Å². The van der Waals surface area contributed by atoms with E-state index < -0.39 is 30.5 Å². The summed E-state index contributed by atoms with van der Waals surface area (Å²) in [6.07, 6.45) is -4.95. The van der Waals surface area contributed by atoms with Gasteiger partial charge in [-0.05, 0) is 6.42 Å². The molecule has 2 atom stereocenters. The Morgan fingerprint density at radius 3 is 2.15 bits per heavy atom. The fourth-order valence-electron chi connectivity index (χ4n) is 0.615. The minimum Gasteiger partial charge on any atom is -0.480 e. The number of carboxylic acid groups (broad SMARTS) is 1. The number of carboxylic acids is 1. The molecular formula is C6H11ClF3NO2. The first-order valence-corrected chi connectivity index (χ1v) is 3.30. The monoisotopic (exact) mass is 221 g/mol. The maximum atomic E-state index is 11.8. The highest BCUT2D eigenvalue weighted by Crippen LogP contribution is 2.28. The molecular weight excluding hydrogens is 211 g/mol. The molecule has 0 bridgehead atoms. The van der Waals surface area contributed by atoms with E-state index in [0.29, 0.717) is 0 Å². The maximum absolute atomic E-state index is 11.8. The van der Waals surface area contributed by atoms with E-state index in [0.717, 1.165) is 6.92 Å². The van der Waals surface area contributed by atoms with Gasteiger partial charge in [0, 0.05) is 0 Å². The van der Waals surface area contributed by atoms with Crippen molar-refractivity contribution in [2.45, 2.75) is 25.6 Å². The lowest BCUT2D eigenvalue weighted by molar-refractivity contribution is -0.173. The number of alkyl halides is 3. The van der Waals surface area contributed by atoms with E-state index in [-0.39, 0.29) is 12.4 Å². The lowest BCUT2D eigenvalue weighted by Crippen LogP contribution is -2.35. The predicted octanol–water partition coefficient (Wildman–Crippen LogP) is 1.41. The Morgan fingerprint density at radius 2 is 1.92 bits per heavy atom. The molecule has 0 aliphatic carbocycles. The van der Waals surface area contributed by atoms with Crippen LogP contribution >= 0.6 is 12.4 Å². The topological polar surface area (TPSA) is 63.3 Å². The Labute approximate surface area is 79.5 Å². The number of hydrogen-bond acceptors (Lipinski definition) is 2. The Hall–Kier alpha value is -0.490. The van der Waals surface area contributed by atoms with Crippen LogP contribution in [0.15, 0.2) is 0 Å². The predicted molar refractivity (Wildman–Crippen MR) is 42.7 cm³/mol. The molecule has 0 aromatic rings. The van der Waals surface area contributed by atoms with Crippen LogP contribution in [-0.4, -0.2) is 23.3 Å². The normalized spacial score (nSPS) is 15.8. The van der Waals surface area contributed by atoms with E-state index in [1.165, 1.54) is 0 Å². The van der Waals surface area contributed by atoms with Crippen LogP contribution in [-0.2, 0) is 4.79 Å². The molecule has 3 N–H and O–H groups in total. The highest BCUT2D eigenvalue weighted by Gasteiger charge is 2.37. The van der Waals surface area contributed by atoms with Crippen LogP contribution in [0.25, 0.3) is 0 Å². The van der Waals surface area contributed by atoms with Crippen molar-refractivity contribution < 1.29 is 23.1 Å². The summed E-state index contributed by atoms with van der Waals surface area (Å²) in [5.41, 5.74) is 4.91. The molecule has 0 heterocycles. The van der Waals surface area contributed by atoms with Gasteiger partial charge in [0.05, 0.1) is 5.92 Å². The minimum absolute atomic E-state index is 0. The highest BCUT2D eigenvalue weighted by molar-refractivity contribution is 5.85. The second kappa shape index (κ2) is 5.29. The van der Waals surface area contributed by atoms with E-state index in [1.807, 2.05) is 0 Å². The summed E-state index contributed by atoms with van der Waals surface area (Å²) in [4.78, 5) is 10.1. The summed E-state index contributed by atoms with van der Waals surface area (Å²) in [6.45, 7) is 0.906. The van der Waals surface area contributed by atoms with E-state index in [9.17, 15) is 18.0 Å². The van der Waals surface area contributed by atoms with Crippen LogP contribution in [0.4, 0.5) is 13.2 Å². The van der Waals surface area contributed by atoms with Gasteiger partial charge in [-0.1, -0.05) is 6.92 Å². The molecule has 0 radical (unpaired) electrons. The summed E-state index contributed by atoms with van der Waals surface area (Å²) in [6, 6.07) is -1.44. The third-order valence-corrected chi connectivity index (χ3v) is 1.48. The van der Waals surface area contributed by atoms with Gasteiger partial charge in [0.15, 0.2) is 0 Å². The lowest BCUT2D eigenvalue weighted by atomic mass is 10.0. The van der Waals surface area contributed by atoms with Gasteiger partial charge in [-0.15, -0.1) is 12.4 Å². The zero-order valence-corrected chi connectivity index (χ0v) is 7.65. The maximum Gasteiger partial charge on any atom is 0.391 e. The van der Waals surface area contributed by atoms with Crippen molar-refractivity contribution in [3.63, 3.8) is 0 Å². The standard InChI is InChI=1S/C6H10F3NO2.ClH/c1-3(6(7,8)9)2-4(10)5(11)12;/h3-4H,2,10H2,1H3,(H,11,12);1H/t3?,4-;/m0./s1. The second-order valence-corrected chi connectivity index (χ2v) is 2.62. The third-order valence-electron chi connectivity index (χ3n) is 1.48. The van der Waals surface area contributed by atoms with Crippen molar-refractivity contribution in [2.75, 3.05) is 0 Å². The molecule has 0 aromatic carbocycles. The van der Waals surface area contributed by atoms with Gasteiger partial charge in [0.2, 0.25) is 0 Å². The van der Waals surface area contributed by atoms with Crippen LogP contribution in [0.2, 0.25) is 0 Å². The van der Waals surface area contributed by atoms with Crippen molar-refractivity contribution in [1.29, 1.82) is 0 Å². The first-order chi connectivity index (χ1) is 5.25. The Morgan fingerprint density at radius 1 is 1.54 bits per heavy atom. The summed E-state index contributed by atoms with van der Waals surface area (Å²) in [7, 11) is 0. The van der Waals surface area contributed by atoms with Crippen molar-refractivity contribution in [2.24, 2.45) is 11.7 Å². The average molecular weight is 222 g/mol. The van der Waals surface area contributed by atoms with E-state index in [1.54, 1.807) is 0 Å². The Balaban J connectivity index is 0. The Kier molecular flexibility index (Phi) is 6.10. The summed E-state index contributed by atoms with van der Waals surface area (Å²) >= 11 is 0. The zero-order valence-electron chi connectivity index (χ0n) is 6.84. The first-order valence-electron chi connectivity index (χ1n) is 3.30. The third kappa shape index (κ3) is 5.70.